The highest BCUT2D eigenvalue weighted by atomic mass is 16.7. The van der Waals surface area contributed by atoms with Crippen molar-refractivity contribution in [3.05, 3.63) is 0 Å². The summed E-state index contributed by atoms with van der Waals surface area (Å²) in [7, 11) is 0. The fraction of sp³-hybridized carbons (Fsp3) is 0.923. The molecular formula is C13H29N2O2+2. The highest BCUT2D eigenvalue weighted by Gasteiger charge is 2.33. The van der Waals surface area contributed by atoms with Gasteiger partial charge in [-0.05, 0) is 25.7 Å². The number of carbonyl (C=O) groups is 1. The Morgan fingerprint density at radius 1 is 0.941 bits per heavy atom. The molecule has 0 aliphatic carbocycles. The minimum Gasteiger partial charge on any atom is -0.247 e. The van der Waals surface area contributed by atoms with E-state index in [-0.39, 0.29) is 6.09 Å². The van der Waals surface area contributed by atoms with Gasteiger partial charge in [0.2, 0.25) is 0 Å². The number of hydroxylamine groups is 2. The highest BCUT2D eigenvalue weighted by molar-refractivity contribution is 5.66. The first-order valence-corrected chi connectivity index (χ1v) is 7.00. The molecule has 0 aromatic heterocycles. The zero-order valence-corrected chi connectivity index (χ0v) is 11.9. The van der Waals surface area contributed by atoms with Crippen LogP contribution >= 0.6 is 0 Å². The maximum Gasteiger partial charge on any atom is 0.746 e. The lowest BCUT2D eigenvalue weighted by molar-refractivity contribution is -1.07. The molecule has 4 heteroatoms. The molecule has 0 aliphatic rings. The van der Waals surface area contributed by atoms with Crippen LogP contribution in [0.4, 0.5) is 4.79 Å². The lowest BCUT2D eigenvalue weighted by Crippen LogP contribution is -3.11. The molecule has 0 rings (SSSR count). The number of hydrogen-bond donors (Lipinski definition) is 1. The van der Waals surface area contributed by atoms with Gasteiger partial charge in [0.1, 0.15) is 13.1 Å². The number of nitrogens with one attached hydrogen (secondary N) is 1. The summed E-state index contributed by atoms with van der Waals surface area (Å²) in [5, 5.41) is 0.942. The van der Waals surface area contributed by atoms with Crippen LogP contribution in [0.2, 0.25) is 0 Å². The van der Waals surface area contributed by atoms with Gasteiger partial charge in [-0.15, -0.1) is 0 Å². The first-order chi connectivity index (χ1) is 8.19. The molecule has 17 heavy (non-hydrogen) atoms. The van der Waals surface area contributed by atoms with Crippen molar-refractivity contribution >= 4 is 6.09 Å². The summed E-state index contributed by atoms with van der Waals surface area (Å²) in [6.07, 6.45) is 3.86. The molecule has 0 heterocycles. The van der Waals surface area contributed by atoms with E-state index in [1.165, 1.54) is 0 Å². The lowest BCUT2D eigenvalue weighted by atomic mass is 10.4. The van der Waals surface area contributed by atoms with Crippen LogP contribution in [-0.2, 0) is 4.84 Å². The van der Waals surface area contributed by atoms with E-state index in [9.17, 15) is 4.79 Å². The molecule has 1 N–H and O–H groups in total. The van der Waals surface area contributed by atoms with Crippen LogP contribution in [0.1, 0.15) is 53.4 Å². The van der Waals surface area contributed by atoms with E-state index in [4.69, 9.17) is 4.84 Å². The molecule has 0 saturated heterocycles. The van der Waals surface area contributed by atoms with E-state index in [1.54, 1.807) is 0 Å². The van der Waals surface area contributed by atoms with Crippen molar-refractivity contribution in [1.82, 2.24) is 4.90 Å². The van der Waals surface area contributed by atoms with Crippen molar-refractivity contribution in [2.75, 3.05) is 26.2 Å². The molecular weight excluding hydrogens is 216 g/mol. The minimum atomic E-state index is -0.161. The smallest absolute Gasteiger partial charge is 0.247 e. The first-order valence-electron chi connectivity index (χ1n) is 7.00. The van der Waals surface area contributed by atoms with Gasteiger partial charge in [0.25, 0.3) is 0 Å². The van der Waals surface area contributed by atoms with Crippen molar-refractivity contribution in [3.8, 4) is 0 Å². The van der Waals surface area contributed by atoms with Crippen molar-refractivity contribution in [2.45, 2.75) is 53.4 Å². The molecule has 0 spiro atoms. The Bertz CT molecular complexity index is 186. The molecule has 0 atom stereocenters. The van der Waals surface area contributed by atoms with Gasteiger partial charge >= 0.3 is 6.09 Å². The number of carbonyl (C=O) groups excluding carboxylic acids is 1. The van der Waals surface area contributed by atoms with E-state index in [2.05, 4.69) is 27.7 Å². The van der Waals surface area contributed by atoms with Gasteiger partial charge in [0.15, 0.2) is 0 Å². The maximum absolute atomic E-state index is 12.0. The largest absolute Gasteiger partial charge is 0.746 e. The third kappa shape index (κ3) is 7.21. The average molecular weight is 245 g/mol. The molecule has 1 amide bonds. The normalized spacial score (nSPS) is 10.6. The van der Waals surface area contributed by atoms with Crippen LogP contribution in [0, 0.1) is 0 Å². The van der Waals surface area contributed by atoms with Crippen LogP contribution < -0.4 is 5.06 Å². The zero-order valence-electron chi connectivity index (χ0n) is 11.9. The number of quaternary nitrogens is 1. The summed E-state index contributed by atoms with van der Waals surface area (Å²) in [4.78, 5) is 19.3. The standard InChI is InChI=1S/C13H28N2O2/c1-5-9-14(10-6-2)13(16)17-15(11-7-3)12-8-4/h5-12H2,1-4H3/q+1/p+1. The Morgan fingerprint density at radius 2 is 1.41 bits per heavy atom. The van der Waals surface area contributed by atoms with Gasteiger partial charge in [0, 0.05) is 13.1 Å². The Hall–Kier alpha value is -0.770. The summed E-state index contributed by atoms with van der Waals surface area (Å²) >= 11 is 0. The summed E-state index contributed by atoms with van der Waals surface area (Å²) < 4.78 is 0. The summed E-state index contributed by atoms with van der Waals surface area (Å²) in [6, 6.07) is 0. The molecule has 0 bridgehead atoms. The van der Waals surface area contributed by atoms with Gasteiger partial charge in [0.05, 0.1) is 4.79 Å². The molecule has 0 saturated carbocycles. The number of nitrogens with zero attached hydrogens (tertiary/aromatic N) is 1. The summed E-state index contributed by atoms with van der Waals surface area (Å²) in [6.45, 7) is 11.8. The van der Waals surface area contributed by atoms with Crippen LogP contribution in [0.3, 0.4) is 0 Å². The second-order valence-electron chi connectivity index (χ2n) is 4.39. The molecule has 0 aliphatic heterocycles. The summed E-state index contributed by atoms with van der Waals surface area (Å²) in [5.41, 5.74) is 0. The molecule has 4 nitrogen and oxygen atoms in total. The third-order valence-electron chi connectivity index (χ3n) is 2.53. The van der Waals surface area contributed by atoms with Gasteiger partial charge in [-0.1, -0.05) is 37.6 Å². The fourth-order valence-electron chi connectivity index (χ4n) is 1.81. The van der Waals surface area contributed by atoms with E-state index >= 15 is 0 Å². The molecule has 101 valence electrons. The van der Waals surface area contributed by atoms with Crippen LogP contribution in [0.15, 0.2) is 0 Å². The second kappa shape index (κ2) is 10.4. The number of amides is 1. The number of rotatable bonds is 9. The Labute approximate surface area is 106 Å². The minimum absolute atomic E-state index is 0.161. The van der Waals surface area contributed by atoms with Gasteiger partial charge in [-0.25, -0.2) is 4.90 Å². The van der Waals surface area contributed by atoms with Crippen molar-refractivity contribution in [2.24, 2.45) is 0 Å². The molecule has 0 unspecified atom stereocenters. The van der Waals surface area contributed by atoms with Crippen LogP contribution in [0.25, 0.3) is 0 Å². The third-order valence-corrected chi connectivity index (χ3v) is 2.53. The Balaban J connectivity index is 4.22. The van der Waals surface area contributed by atoms with Gasteiger partial charge in [-0.3, -0.25) is 0 Å². The molecule has 0 fully saturated rings. The SMILES string of the molecule is CCCN(CCC)C(=[O+])O[NH+](CCC)CCC. The van der Waals surface area contributed by atoms with Crippen LogP contribution in [-0.4, -0.2) is 37.2 Å². The van der Waals surface area contributed by atoms with Crippen molar-refractivity contribution in [3.63, 3.8) is 0 Å². The van der Waals surface area contributed by atoms with E-state index < -0.39 is 0 Å². The van der Waals surface area contributed by atoms with E-state index in [0.717, 1.165) is 56.9 Å². The maximum atomic E-state index is 12.0. The fourth-order valence-corrected chi connectivity index (χ4v) is 1.81. The Kier molecular flexibility index (Phi) is 9.92. The van der Waals surface area contributed by atoms with E-state index in [0.29, 0.717) is 0 Å². The highest BCUT2D eigenvalue weighted by Crippen LogP contribution is 1.96. The van der Waals surface area contributed by atoms with Crippen molar-refractivity contribution < 1.29 is 14.7 Å². The second-order valence-corrected chi connectivity index (χ2v) is 4.39. The monoisotopic (exact) mass is 245 g/mol. The zero-order chi connectivity index (χ0) is 13.1. The Morgan fingerprint density at radius 3 is 1.76 bits per heavy atom. The van der Waals surface area contributed by atoms with E-state index in [1.807, 2.05) is 4.90 Å². The van der Waals surface area contributed by atoms with Gasteiger partial charge < -0.3 is 0 Å². The number of hydrogen-bond acceptors (Lipinski definition) is 2. The molecule has 0 aromatic rings. The first kappa shape index (κ1) is 16.2. The predicted molar refractivity (Wildman–Crippen MR) is 69.9 cm³/mol. The quantitative estimate of drug-likeness (QED) is 0.497. The topological polar surface area (TPSA) is 36.8 Å². The molecule has 1 radical (unpaired) electrons. The average Bonchev–Trinajstić information content (AvgIpc) is 2.29. The van der Waals surface area contributed by atoms with Crippen molar-refractivity contribution in [1.29, 1.82) is 0 Å². The van der Waals surface area contributed by atoms with Gasteiger partial charge in [-0.2, -0.15) is 0 Å². The predicted octanol–water partition coefficient (Wildman–Crippen LogP) is 1.86. The van der Waals surface area contributed by atoms with Crippen LogP contribution in [0.5, 0.6) is 0 Å². The summed E-state index contributed by atoms with van der Waals surface area (Å²) in [5.74, 6) is 0. The lowest BCUT2D eigenvalue weighted by Gasteiger charge is -2.14. The molecule has 0 aromatic carbocycles.